The molecule has 0 bridgehead atoms. The zero-order chi connectivity index (χ0) is 15.5. The van der Waals surface area contributed by atoms with Crippen LogP contribution in [0.2, 0.25) is 0 Å². The fourth-order valence-electron chi connectivity index (χ4n) is 3.07. The molecule has 118 valence electrons. The molecule has 1 fully saturated rings. The van der Waals surface area contributed by atoms with Crippen LogP contribution in [-0.2, 0) is 21.1 Å². The van der Waals surface area contributed by atoms with E-state index in [2.05, 4.69) is 0 Å². The summed E-state index contributed by atoms with van der Waals surface area (Å²) in [5.74, 6) is 0.0433. The summed E-state index contributed by atoms with van der Waals surface area (Å²) in [7, 11) is -1.35. The number of carbonyl (C=O) groups is 1. The largest absolute Gasteiger partial charge is 0.341 e. The molecule has 0 aliphatic heterocycles. The lowest BCUT2D eigenvalue weighted by Crippen LogP contribution is -2.49. The number of nitrogens with zero attached hydrogens (tertiary/aromatic N) is 1. The molecule has 6 heteroatoms. The predicted molar refractivity (Wildman–Crippen MR) is 86.3 cm³/mol. The monoisotopic (exact) mass is 329 g/mol. The van der Waals surface area contributed by atoms with Crippen molar-refractivity contribution >= 4 is 27.1 Å². The second kappa shape index (κ2) is 6.92. The van der Waals surface area contributed by atoms with E-state index in [1.807, 2.05) is 16.8 Å². The van der Waals surface area contributed by atoms with Crippen molar-refractivity contribution in [1.29, 1.82) is 0 Å². The molecule has 1 aliphatic carbocycles. The summed E-state index contributed by atoms with van der Waals surface area (Å²) in [5.41, 5.74) is 1.17. The van der Waals surface area contributed by atoms with Gasteiger partial charge in [0.15, 0.2) is 9.84 Å². The van der Waals surface area contributed by atoms with Crippen LogP contribution >= 0.6 is 11.3 Å². The van der Waals surface area contributed by atoms with Crippen LogP contribution in [0.15, 0.2) is 16.8 Å². The number of thiophene rings is 1. The average Bonchev–Trinajstić information content (AvgIpc) is 2.96. The van der Waals surface area contributed by atoms with Gasteiger partial charge in [0.05, 0.1) is 5.25 Å². The Labute approximate surface area is 131 Å². The quantitative estimate of drug-likeness (QED) is 0.834. The van der Waals surface area contributed by atoms with Crippen molar-refractivity contribution in [1.82, 2.24) is 4.90 Å². The minimum Gasteiger partial charge on any atom is -0.341 e. The van der Waals surface area contributed by atoms with E-state index in [1.54, 1.807) is 23.3 Å². The van der Waals surface area contributed by atoms with Crippen LogP contribution in [0.5, 0.6) is 0 Å². The first-order valence-corrected chi connectivity index (χ1v) is 10.2. The number of sulfone groups is 1. The molecule has 1 saturated carbocycles. The lowest BCUT2D eigenvalue weighted by molar-refractivity contribution is -0.132. The number of carbonyl (C=O) groups excluding carboxylic acids is 1. The molecule has 1 amide bonds. The zero-order valence-corrected chi connectivity index (χ0v) is 14.3. The van der Waals surface area contributed by atoms with Gasteiger partial charge in [-0.1, -0.05) is 12.8 Å². The lowest BCUT2D eigenvalue weighted by Gasteiger charge is -2.37. The second-order valence-electron chi connectivity index (χ2n) is 5.86. The van der Waals surface area contributed by atoms with E-state index in [1.165, 1.54) is 11.8 Å². The van der Waals surface area contributed by atoms with E-state index in [-0.39, 0.29) is 11.9 Å². The minimum absolute atomic E-state index is 0.0433. The van der Waals surface area contributed by atoms with Gasteiger partial charge >= 0.3 is 0 Å². The number of rotatable bonds is 5. The Hall–Kier alpha value is -0.880. The van der Waals surface area contributed by atoms with Gasteiger partial charge in [0.1, 0.15) is 0 Å². The minimum atomic E-state index is -3.10. The van der Waals surface area contributed by atoms with Gasteiger partial charge in [0.25, 0.3) is 0 Å². The molecule has 1 heterocycles. The van der Waals surface area contributed by atoms with Gasteiger partial charge in [-0.25, -0.2) is 8.42 Å². The van der Waals surface area contributed by atoms with Crippen LogP contribution in [0.3, 0.4) is 0 Å². The van der Waals surface area contributed by atoms with Crippen LogP contribution in [0, 0.1) is 0 Å². The van der Waals surface area contributed by atoms with Crippen molar-refractivity contribution in [3.05, 3.63) is 22.4 Å². The van der Waals surface area contributed by atoms with Crippen LogP contribution in [0.25, 0.3) is 0 Å². The van der Waals surface area contributed by atoms with Crippen molar-refractivity contribution in [3.8, 4) is 0 Å². The Kier molecular flexibility index (Phi) is 5.43. The molecule has 0 spiro atoms. The summed E-state index contributed by atoms with van der Waals surface area (Å²) in [6.45, 7) is 0. The Morgan fingerprint density at radius 3 is 2.71 bits per heavy atom. The highest BCUT2D eigenvalue weighted by atomic mass is 32.2. The third kappa shape index (κ3) is 4.30. The second-order valence-corrected chi connectivity index (χ2v) is 8.90. The molecular weight excluding hydrogens is 306 g/mol. The summed E-state index contributed by atoms with van der Waals surface area (Å²) in [6, 6.07) is 1.86. The molecule has 1 aromatic heterocycles. The Balaban J connectivity index is 1.99. The summed E-state index contributed by atoms with van der Waals surface area (Å²) < 4.78 is 23.9. The molecule has 21 heavy (non-hydrogen) atoms. The van der Waals surface area contributed by atoms with E-state index in [0.29, 0.717) is 12.8 Å². The van der Waals surface area contributed by atoms with E-state index < -0.39 is 15.1 Å². The van der Waals surface area contributed by atoms with Crippen LogP contribution in [-0.4, -0.2) is 43.8 Å². The molecule has 2 atom stereocenters. The van der Waals surface area contributed by atoms with Gasteiger partial charge in [-0.05, 0) is 41.7 Å². The van der Waals surface area contributed by atoms with Gasteiger partial charge < -0.3 is 4.90 Å². The lowest BCUT2D eigenvalue weighted by atomic mass is 9.93. The summed E-state index contributed by atoms with van der Waals surface area (Å²) in [4.78, 5) is 14.0. The third-order valence-corrected chi connectivity index (χ3v) is 6.70. The van der Waals surface area contributed by atoms with Crippen LogP contribution < -0.4 is 0 Å². The summed E-state index contributed by atoms with van der Waals surface area (Å²) >= 11 is 1.63. The molecule has 2 rings (SSSR count). The number of aryl methyl sites for hydroxylation is 1. The molecule has 0 saturated heterocycles. The first-order valence-electron chi connectivity index (χ1n) is 7.35. The van der Waals surface area contributed by atoms with Crippen LogP contribution in [0.1, 0.15) is 37.7 Å². The van der Waals surface area contributed by atoms with Gasteiger partial charge in [0.2, 0.25) is 5.91 Å². The molecule has 1 aromatic rings. The third-order valence-electron chi connectivity index (χ3n) is 4.32. The molecule has 0 aromatic carbocycles. The van der Waals surface area contributed by atoms with Crippen molar-refractivity contribution in [3.63, 3.8) is 0 Å². The first-order chi connectivity index (χ1) is 9.89. The molecule has 1 aliphatic rings. The van der Waals surface area contributed by atoms with Crippen molar-refractivity contribution in [2.24, 2.45) is 0 Å². The normalized spacial score (nSPS) is 23.0. The smallest absolute Gasteiger partial charge is 0.222 e. The van der Waals surface area contributed by atoms with E-state index in [0.717, 1.165) is 25.7 Å². The first kappa shape index (κ1) is 16.5. The average molecular weight is 329 g/mol. The van der Waals surface area contributed by atoms with Gasteiger partial charge in [0, 0.05) is 25.8 Å². The maximum absolute atomic E-state index is 12.3. The maximum atomic E-state index is 12.3. The topological polar surface area (TPSA) is 54.5 Å². The molecule has 4 nitrogen and oxygen atoms in total. The molecule has 2 unspecified atom stereocenters. The Morgan fingerprint density at radius 2 is 2.10 bits per heavy atom. The van der Waals surface area contributed by atoms with Crippen molar-refractivity contribution in [2.45, 2.75) is 49.8 Å². The summed E-state index contributed by atoms with van der Waals surface area (Å²) in [6.07, 6.45) is 5.86. The fourth-order valence-corrected chi connectivity index (χ4v) is 5.25. The molecular formula is C15H23NO3S2. The highest BCUT2D eigenvalue weighted by molar-refractivity contribution is 7.91. The number of amides is 1. The highest BCUT2D eigenvalue weighted by Gasteiger charge is 2.36. The molecule has 0 N–H and O–H groups in total. The fraction of sp³-hybridized carbons (Fsp3) is 0.667. The summed E-state index contributed by atoms with van der Waals surface area (Å²) in [5, 5.41) is 3.65. The number of hydrogen-bond acceptors (Lipinski definition) is 4. The maximum Gasteiger partial charge on any atom is 0.222 e. The Bertz CT molecular complexity index is 566. The standard InChI is InChI=1S/C15H23NO3S2/c1-16(15(17)8-7-12-9-10-20-11-12)13-5-3-4-6-14(13)21(2,18)19/h9-11,13-14H,3-8H2,1-2H3. The zero-order valence-electron chi connectivity index (χ0n) is 12.6. The number of hydrogen-bond donors (Lipinski definition) is 0. The van der Waals surface area contributed by atoms with Gasteiger partial charge in [-0.3, -0.25) is 4.79 Å². The van der Waals surface area contributed by atoms with Crippen molar-refractivity contribution in [2.75, 3.05) is 13.3 Å². The Morgan fingerprint density at radius 1 is 1.38 bits per heavy atom. The van der Waals surface area contributed by atoms with E-state index in [9.17, 15) is 13.2 Å². The SMILES string of the molecule is CN(C(=O)CCc1ccsc1)C1CCCCC1S(C)(=O)=O. The van der Waals surface area contributed by atoms with E-state index >= 15 is 0 Å². The van der Waals surface area contributed by atoms with E-state index in [4.69, 9.17) is 0 Å². The van der Waals surface area contributed by atoms with Crippen molar-refractivity contribution < 1.29 is 13.2 Å². The van der Waals surface area contributed by atoms with Crippen LogP contribution in [0.4, 0.5) is 0 Å². The highest BCUT2D eigenvalue weighted by Crippen LogP contribution is 2.28. The molecule has 0 radical (unpaired) electrons. The predicted octanol–water partition coefficient (Wildman–Crippen LogP) is 2.49. The van der Waals surface area contributed by atoms with Gasteiger partial charge in [-0.15, -0.1) is 0 Å². The van der Waals surface area contributed by atoms with Gasteiger partial charge in [-0.2, -0.15) is 11.3 Å².